The number of hydrogen-bond donors (Lipinski definition) is 2. The van der Waals surface area contributed by atoms with Gasteiger partial charge in [-0.3, -0.25) is 10.1 Å². The molecule has 0 aliphatic rings. The Morgan fingerprint density at radius 3 is 2.50 bits per heavy atom. The van der Waals surface area contributed by atoms with Crippen LogP contribution in [-0.2, 0) is 0 Å². The summed E-state index contributed by atoms with van der Waals surface area (Å²) in [5.41, 5.74) is 0.526. The minimum atomic E-state index is -0.251. The van der Waals surface area contributed by atoms with Crippen LogP contribution in [0.2, 0.25) is 0 Å². The van der Waals surface area contributed by atoms with Crippen molar-refractivity contribution in [3.05, 3.63) is 39.0 Å². The maximum Gasteiger partial charge on any atom is 0.258 e. The Kier molecular flexibility index (Phi) is 3.35. The van der Waals surface area contributed by atoms with Gasteiger partial charge in [-0.25, -0.2) is 5.10 Å². The molecule has 0 aliphatic heterocycles. The number of carbonyl (C=O) groups is 1. The van der Waals surface area contributed by atoms with Crippen LogP contribution >= 0.6 is 31.9 Å². The molecule has 0 radical (unpaired) electrons. The van der Waals surface area contributed by atoms with Gasteiger partial charge < -0.3 is 0 Å². The largest absolute Gasteiger partial charge is 0.291 e. The highest BCUT2D eigenvalue weighted by molar-refractivity contribution is 9.11. The van der Waals surface area contributed by atoms with E-state index in [1.54, 1.807) is 12.1 Å². The summed E-state index contributed by atoms with van der Waals surface area (Å²) >= 11 is 6.63. The van der Waals surface area contributed by atoms with Crippen molar-refractivity contribution in [1.82, 2.24) is 15.2 Å². The smallest absolute Gasteiger partial charge is 0.258 e. The fourth-order valence-electron chi connectivity index (χ4n) is 1.13. The zero-order valence-electron chi connectivity index (χ0n) is 7.87. The van der Waals surface area contributed by atoms with Crippen LogP contribution in [0.15, 0.2) is 33.5 Å². The number of anilines is 1. The van der Waals surface area contributed by atoms with Crippen molar-refractivity contribution in [2.75, 3.05) is 5.32 Å². The monoisotopic (exact) mass is 344 g/mol. The maximum absolute atomic E-state index is 11.8. The number of carbonyl (C=O) groups excluding carboxylic acids is 1. The summed E-state index contributed by atoms with van der Waals surface area (Å²) < 4.78 is 1.65. The van der Waals surface area contributed by atoms with Gasteiger partial charge >= 0.3 is 0 Å². The van der Waals surface area contributed by atoms with Crippen LogP contribution in [0.4, 0.5) is 5.95 Å². The molecule has 5 nitrogen and oxygen atoms in total. The van der Waals surface area contributed by atoms with Crippen LogP contribution in [0.5, 0.6) is 0 Å². The third kappa shape index (κ3) is 2.67. The van der Waals surface area contributed by atoms with Crippen molar-refractivity contribution >= 4 is 43.7 Å². The molecule has 0 saturated heterocycles. The summed E-state index contributed by atoms with van der Waals surface area (Å²) in [6.07, 6.45) is 1.33. The van der Waals surface area contributed by atoms with Gasteiger partial charge in [0.05, 0.1) is 0 Å². The van der Waals surface area contributed by atoms with E-state index in [4.69, 9.17) is 0 Å². The van der Waals surface area contributed by atoms with Gasteiger partial charge in [0.15, 0.2) is 0 Å². The molecule has 0 saturated carbocycles. The minimum absolute atomic E-state index is 0.251. The second-order valence-electron chi connectivity index (χ2n) is 2.95. The van der Waals surface area contributed by atoms with Crippen LogP contribution in [0.1, 0.15) is 10.4 Å². The number of nitrogens with zero attached hydrogens (tertiary/aromatic N) is 2. The van der Waals surface area contributed by atoms with Crippen LogP contribution in [-0.4, -0.2) is 21.1 Å². The standard InChI is InChI=1S/C9H6Br2N4O/c10-6-1-5(2-7(11)3-6)8(16)14-9-12-4-13-15-9/h1-4H,(H2,12,13,14,15,16). The quantitative estimate of drug-likeness (QED) is 0.878. The molecule has 2 rings (SSSR count). The van der Waals surface area contributed by atoms with Crippen molar-refractivity contribution in [2.45, 2.75) is 0 Å². The van der Waals surface area contributed by atoms with Gasteiger partial charge in [-0.15, -0.1) is 0 Å². The molecule has 1 aromatic carbocycles. The number of amides is 1. The van der Waals surface area contributed by atoms with E-state index in [0.29, 0.717) is 11.5 Å². The van der Waals surface area contributed by atoms with Crippen LogP contribution in [0, 0.1) is 0 Å². The lowest BCUT2D eigenvalue weighted by molar-refractivity contribution is 0.102. The second kappa shape index (κ2) is 4.75. The third-order valence-electron chi connectivity index (χ3n) is 1.77. The van der Waals surface area contributed by atoms with Crippen molar-refractivity contribution in [3.63, 3.8) is 0 Å². The van der Waals surface area contributed by atoms with E-state index in [1.165, 1.54) is 6.33 Å². The number of halogens is 2. The zero-order valence-corrected chi connectivity index (χ0v) is 11.0. The Morgan fingerprint density at radius 2 is 1.94 bits per heavy atom. The summed E-state index contributed by atoms with van der Waals surface area (Å²) in [5, 5.41) is 8.77. The molecular weight excluding hydrogens is 340 g/mol. The van der Waals surface area contributed by atoms with E-state index in [-0.39, 0.29) is 5.91 Å². The third-order valence-corrected chi connectivity index (χ3v) is 2.69. The number of hydrogen-bond acceptors (Lipinski definition) is 3. The lowest BCUT2D eigenvalue weighted by Crippen LogP contribution is -2.13. The van der Waals surface area contributed by atoms with Crippen molar-refractivity contribution in [1.29, 1.82) is 0 Å². The Hall–Kier alpha value is -1.21. The van der Waals surface area contributed by atoms with Gasteiger partial charge in [-0.05, 0) is 18.2 Å². The predicted molar refractivity (Wildman–Crippen MR) is 66.2 cm³/mol. The van der Waals surface area contributed by atoms with E-state index in [9.17, 15) is 4.79 Å². The highest BCUT2D eigenvalue weighted by Gasteiger charge is 2.08. The summed E-state index contributed by atoms with van der Waals surface area (Å²) in [6, 6.07) is 5.29. The Bertz CT molecular complexity index is 492. The van der Waals surface area contributed by atoms with Gasteiger partial charge in [0, 0.05) is 14.5 Å². The molecule has 82 valence electrons. The lowest BCUT2D eigenvalue weighted by Gasteiger charge is -2.03. The normalized spacial score (nSPS) is 10.1. The van der Waals surface area contributed by atoms with Crippen LogP contribution < -0.4 is 5.32 Å². The number of aromatic nitrogens is 3. The molecule has 2 N–H and O–H groups in total. The molecule has 0 fully saturated rings. The highest BCUT2D eigenvalue weighted by atomic mass is 79.9. The molecule has 0 unspecified atom stereocenters. The zero-order chi connectivity index (χ0) is 11.5. The van der Waals surface area contributed by atoms with E-state index in [1.807, 2.05) is 6.07 Å². The molecule has 0 atom stereocenters. The van der Waals surface area contributed by atoms with E-state index >= 15 is 0 Å². The first-order valence-corrected chi connectivity index (χ1v) is 5.86. The van der Waals surface area contributed by atoms with Gasteiger partial charge in [-0.1, -0.05) is 31.9 Å². The summed E-state index contributed by atoms with van der Waals surface area (Å²) in [4.78, 5) is 15.6. The summed E-state index contributed by atoms with van der Waals surface area (Å²) in [5.74, 6) is 0.0693. The first kappa shape index (κ1) is 11.3. The van der Waals surface area contributed by atoms with Gasteiger partial charge in [0.2, 0.25) is 5.95 Å². The van der Waals surface area contributed by atoms with E-state index in [0.717, 1.165) is 8.95 Å². The van der Waals surface area contributed by atoms with Gasteiger partial charge in [0.1, 0.15) is 6.33 Å². The fourth-order valence-corrected chi connectivity index (χ4v) is 2.42. The molecule has 1 heterocycles. The number of rotatable bonds is 2. The first-order chi connectivity index (χ1) is 7.65. The molecular formula is C9H6Br2N4O. The van der Waals surface area contributed by atoms with Crippen molar-refractivity contribution < 1.29 is 4.79 Å². The lowest BCUT2D eigenvalue weighted by atomic mass is 10.2. The molecule has 0 aliphatic carbocycles. The number of H-pyrrole nitrogens is 1. The molecule has 1 amide bonds. The maximum atomic E-state index is 11.8. The molecule has 1 aromatic heterocycles. The molecule has 2 aromatic rings. The Morgan fingerprint density at radius 1 is 1.25 bits per heavy atom. The summed E-state index contributed by atoms with van der Waals surface area (Å²) in [6.45, 7) is 0. The number of aromatic amines is 1. The molecule has 0 bridgehead atoms. The van der Waals surface area contributed by atoms with E-state index < -0.39 is 0 Å². The predicted octanol–water partition coefficient (Wildman–Crippen LogP) is 2.58. The average Bonchev–Trinajstić information content (AvgIpc) is 2.68. The fraction of sp³-hybridized carbons (Fsp3) is 0. The van der Waals surface area contributed by atoms with Gasteiger partial charge in [0.25, 0.3) is 5.91 Å². The van der Waals surface area contributed by atoms with Crippen LogP contribution in [0.3, 0.4) is 0 Å². The molecule has 7 heteroatoms. The highest BCUT2D eigenvalue weighted by Crippen LogP contribution is 2.20. The number of benzene rings is 1. The Labute approximate surface area is 108 Å². The van der Waals surface area contributed by atoms with Crippen LogP contribution in [0.25, 0.3) is 0 Å². The van der Waals surface area contributed by atoms with E-state index in [2.05, 4.69) is 52.4 Å². The Balaban J connectivity index is 2.21. The summed E-state index contributed by atoms with van der Waals surface area (Å²) in [7, 11) is 0. The van der Waals surface area contributed by atoms with Crippen molar-refractivity contribution in [3.8, 4) is 0 Å². The minimum Gasteiger partial charge on any atom is -0.291 e. The average molecular weight is 346 g/mol. The topological polar surface area (TPSA) is 70.7 Å². The molecule has 16 heavy (non-hydrogen) atoms. The second-order valence-corrected chi connectivity index (χ2v) is 4.78. The van der Waals surface area contributed by atoms with Gasteiger partial charge in [-0.2, -0.15) is 10.1 Å². The SMILES string of the molecule is O=C(Nc1ncn[nH]1)c1cc(Br)cc(Br)c1. The molecule has 0 spiro atoms. The number of nitrogens with one attached hydrogen (secondary N) is 2. The first-order valence-electron chi connectivity index (χ1n) is 4.28. The van der Waals surface area contributed by atoms with Crippen molar-refractivity contribution in [2.24, 2.45) is 0 Å².